The molecule has 5 heteroatoms. The van der Waals surface area contributed by atoms with Gasteiger partial charge < -0.3 is 9.47 Å². The van der Waals surface area contributed by atoms with Gasteiger partial charge in [-0.15, -0.1) is 0 Å². The van der Waals surface area contributed by atoms with Crippen LogP contribution in [0.25, 0.3) is 0 Å². The molecule has 1 rings (SSSR count). The summed E-state index contributed by atoms with van der Waals surface area (Å²) in [5.41, 5.74) is 0.924. The highest BCUT2D eigenvalue weighted by atomic mass is 35.5. The molecule has 0 atom stereocenters. The molecule has 0 N–H and O–H groups in total. The number of halogens is 1. The molecular formula is C24H35ClO4. The number of hydrogen-bond acceptors (Lipinski definition) is 4. The quantitative estimate of drug-likeness (QED) is 0.132. The number of carbonyl (C=O) groups is 2. The minimum Gasteiger partial charge on any atom is -0.463 e. The van der Waals surface area contributed by atoms with E-state index in [0.29, 0.717) is 11.6 Å². The van der Waals surface area contributed by atoms with Crippen molar-refractivity contribution < 1.29 is 19.1 Å². The molecule has 0 aromatic heterocycles. The van der Waals surface area contributed by atoms with E-state index in [-0.39, 0.29) is 5.75 Å². The number of hydrogen-bond donors (Lipinski definition) is 0. The zero-order chi connectivity index (χ0) is 21.3. The Morgan fingerprint density at radius 3 is 2.03 bits per heavy atom. The maximum absolute atomic E-state index is 11.8. The molecular weight excluding hydrogens is 388 g/mol. The first-order valence-corrected chi connectivity index (χ1v) is 11.2. The normalized spacial score (nSPS) is 11.0. The summed E-state index contributed by atoms with van der Waals surface area (Å²) in [6.07, 6.45) is 15.8. The van der Waals surface area contributed by atoms with Gasteiger partial charge in [0.1, 0.15) is 5.75 Å². The fraction of sp³-hybridized carbons (Fsp3) is 0.583. The Labute approximate surface area is 180 Å². The van der Waals surface area contributed by atoms with E-state index in [1.165, 1.54) is 57.8 Å². The number of ether oxygens (including phenoxy) is 2. The summed E-state index contributed by atoms with van der Waals surface area (Å²) in [4.78, 5) is 23.4. The van der Waals surface area contributed by atoms with Crippen molar-refractivity contribution in [3.8, 4) is 5.75 Å². The molecule has 0 saturated carbocycles. The smallest absolute Gasteiger partial charge is 0.336 e. The van der Waals surface area contributed by atoms with Crippen LogP contribution < -0.4 is 4.74 Å². The van der Waals surface area contributed by atoms with Crippen molar-refractivity contribution in [1.29, 1.82) is 0 Å². The zero-order valence-electron chi connectivity index (χ0n) is 17.9. The summed E-state index contributed by atoms with van der Waals surface area (Å²) in [5, 5.41) is 0.344. The van der Waals surface area contributed by atoms with Gasteiger partial charge in [-0.2, -0.15) is 0 Å². The van der Waals surface area contributed by atoms with Gasteiger partial charge in [0.25, 0.3) is 0 Å². The van der Waals surface area contributed by atoms with Gasteiger partial charge >= 0.3 is 11.9 Å². The van der Waals surface area contributed by atoms with Crippen LogP contribution in [0.3, 0.4) is 0 Å². The molecule has 162 valence electrons. The molecule has 0 radical (unpaired) electrons. The first-order valence-electron chi connectivity index (χ1n) is 10.9. The van der Waals surface area contributed by atoms with E-state index >= 15 is 0 Å². The Kier molecular flexibility index (Phi) is 14.0. The fourth-order valence-electron chi connectivity index (χ4n) is 2.95. The van der Waals surface area contributed by atoms with E-state index in [0.717, 1.165) is 30.6 Å². The average Bonchev–Trinajstić information content (AvgIpc) is 2.70. The van der Waals surface area contributed by atoms with E-state index in [2.05, 4.69) is 6.92 Å². The summed E-state index contributed by atoms with van der Waals surface area (Å²) >= 11 is 5.97. The average molecular weight is 423 g/mol. The number of esters is 2. The minimum atomic E-state index is -0.663. The van der Waals surface area contributed by atoms with Crippen LogP contribution in [-0.4, -0.2) is 18.5 Å². The van der Waals surface area contributed by atoms with Crippen LogP contribution in [-0.2, 0) is 14.3 Å². The summed E-state index contributed by atoms with van der Waals surface area (Å²) in [5.74, 6) is -0.927. The predicted molar refractivity (Wildman–Crippen MR) is 118 cm³/mol. The summed E-state index contributed by atoms with van der Waals surface area (Å²) in [7, 11) is 0. The van der Waals surface area contributed by atoms with Crippen molar-refractivity contribution in [3.05, 3.63) is 40.9 Å². The van der Waals surface area contributed by atoms with E-state index in [9.17, 15) is 9.59 Å². The molecule has 0 heterocycles. The highest BCUT2D eigenvalue weighted by Crippen LogP contribution is 2.25. The van der Waals surface area contributed by atoms with Crippen LogP contribution in [0.5, 0.6) is 5.75 Å². The largest absolute Gasteiger partial charge is 0.463 e. The third-order valence-corrected chi connectivity index (χ3v) is 4.96. The summed E-state index contributed by atoms with van der Waals surface area (Å²) in [6.45, 7) is 4.49. The standard InChI is InChI=1S/C24H35ClO4/c1-3-4-5-6-7-8-9-10-11-12-13-18-28-23(26)16-17-24(27)29-22-19-20(2)14-15-21(22)25/h14-17,19H,3-13,18H2,1-2H3/b17-16+. The van der Waals surface area contributed by atoms with Crippen LogP contribution >= 0.6 is 11.6 Å². The third-order valence-electron chi connectivity index (χ3n) is 4.64. The van der Waals surface area contributed by atoms with Crippen molar-refractivity contribution >= 4 is 23.5 Å². The van der Waals surface area contributed by atoms with E-state index in [1.54, 1.807) is 12.1 Å². The van der Waals surface area contributed by atoms with Gasteiger partial charge in [-0.3, -0.25) is 0 Å². The van der Waals surface area contributed by atoms with Gasteiger partial charge in [0.2, 0.25) is 0 Å². The van der Waals surface area contributed by atoms with Gasteiger partial charge in [0.05, 0.1) is 11.6 Å². The van der Waals surface area contributed by atoms with Gasteiger partial charge in [-0.1, -0.05) is 88.8 Å². The van der Waals surface area contributed by atoms with Crippen LogP contribution in [0, 0.1) is 6.92 Å². The Balaban J connectivity index is 2.04. The molecule has 4 nitrogen and oxygen atoms in total. The highest BCUT2D eigenvalue weighted by molar-refractivity contribution is 6.32. The first kappa shape index (κ1) is 25.2. The predicted octanol–water partition coefficient (Wildman–Crippen LogP) is 6.96. The third kappa shape index (κ3) is 13.1. The topological polar surface area (TPSA) is 52.6 Å². The molecule has 0 spiro atoms. The van der Waals surface area contributed by atoms with Crippen molar-refractivity contribution in [1.82, 2.24) is 0 Å². The molecule has 0 fully saturated rings. The number of benzene rings is 1. The highest BCUT2D eigenvalue weighted by Gasteiger charge is 2.07. The monoisotopic (exact) mass is 422 g/mol. The molecule has 0 aliphatic carbocycles. The fourth-order valence-corrected chi connectivity index (χ4v) is 3.11. The number of aryl methyl sites for hydroxylation is 1. The number of rotatable bonds is 15. The maximum Gasteiger partial charge on any atom is 0.336 e. The molecule has 1 aromatic carbocycles. The lowest BCUT2D eigenvalue weighted by Crippen LogP contribution is -2.07. The lowest BCUT2D eigenvalue weighted by Gasteiger charge is -2.05. The van der Waals surface area contributed by atoms with Crippen molar-refractivity contribution in [3.63, 3.8) is 0 Å². The Hall–Kier alpha value is -1.81. The van der Waals surface area contributed by atoms with Gasteiger partial charge in [-0.05, 0) is 31.0 Å². The van der Waals surface area contributed by atoms with Crippen LogP contribution in [0.1, 0.15) is 83.1 Å². The van der Waals surface area contributed by atoms with Crippen LogP contribution in [0.4, 0.5) is 0 Å². The summed E-state index contributed by atoms with van der Waals surface area (Å²) < 4.78 is 10.2. The number of unbranched alkanes of at least 4 members (excludes halogenated alkanes) is 10. The molecule has 0 unspecified atom stereocenters. The zero-order valence-corrected chi connectivity index (χ0v) is 18.6. The van der Waals surface area contributed by atoms with E-state index < -0.39 is 11.9 Å². The molecule has 1 aromatic rings. The Morgan fingerprint density at radius 1 is 0.862 bits per heavy atom. The van der Waals surface area contributed by atoms with E-state index in [4.69, 9.17) is 21.1 Å². The molecule has 0 amide bonds. The SMILES string of the molecule is CCCCCCCCCCCCCOC(=O)/C=C/C(=O)Oc1cc(C)ccc1Cl. The van der Waals surface area contributed by atoms with Gasteiger partial charge in [-0.25, -0.2) is 9.59 Å². The van der Waals surface area contributed by atoms with Gasteiger partial charge in [0, 0.05) is 12.2 Å². The molecule has 0 aliphatic heterocycles. The van der Waals surface area contributed by atoms with Crippen LogP contribution in [0.2, 0.25) is 5.02 Å². The maximum atomic E-state index is 11.8. The lowest BCUT2D eigenvalue weighted by atomic mass is 10.1. The second-order valence-electron chi connectivity index (χ2n) is 7.39. The lowest BCUT2D eigenvalue weighted by molar-refractivity contribution is -0.138. The minimum absolute atomic E-state index is 0.274. The van der Waals surface area contributed by atoms with Crippen LogP contribution in [0.15, 0.2) is 30.4 Å². The van der Waals surface area contributed by atoms with Gasteiger partial charge in [0.15, 0.2) is 0 Å². The molecule has 0 aliphatic rings. The Morgan fingerprint density at radius 2 is 1.41 bits per heavy atom. The molecule has 0 saturated heterocycles. The first-order chi connectivity index (χ1) is 14.0. The van der Waals surface area contributed by atoms with Crippen molar-refractivity contribution in [2.75, 3.05) is 6.61 Å². The Bertz CT molecular complexity index is 640. The second kappa shape index (κ2) is 16.0. The second-order valence-corrected chi connectivity index (χ2v) is 7.80. The van der Waals surface area contributed by atoms with Crippen molar-refractivity contribution in [2.45, 2.75) is 84.5 Å². The van der Waals surface area contributed by atoms with E-state index in [1.807, 2.05) is 13.0 Å². The molecule has 0 bridgehead atoms. The summed E-state index contributed by atoms with van der Waals surface area (Å²) in [6, 6.07) is 5.14. The number of carbonyl (C=O) groups excluding carboxylic acids is 2. The van der Waals surface area contributed by atoms with Crippen molar-refractivity contribution in [2.24, 2.45) is 0 Å². The molecule has 29 heavy (non-hydrogen) atoms.